The van der Waals surface area contributed by atoms with Crippen LogP contribution in [-0.2, 0) is 4.79 Å². The van der Waals surface area contributed by atoms with Crippen LogP contribution in [0.2, 0.25) is 0 Å². The Morgan fingerprint density at radius 1 is 1.03 bits per heavy atom. The summed E-state index contributed by atoms with van der Waals surface area (Å²) < 4.78 is 0. The van der Waals surface area contributed by atoms with E-state index in [1.165, 1.54) is 63.3 Å². The van der Waals surface area contributed by atoms with Gasteiger partial charge in [0.1, 0.15) is 5.82 Å². The average molecular weight is 532 g/mol. The summed E-state index contributed by atoms with van der Waals surface area (Å²) in [6, 6.07) is 9.22. The number of hydrogen-bond acceptors (Lipinski definition) is 7. The van der Waals surface area contributed by atoms with E-state index in [0.29, 0.717) is 17.6 Å². The lowest BCUT2D eigenvalue weighted by molar-refractivity contribution is -0.117. The molecule has 9 heteroatoms. The van der Waals surface area contributed by atoms with Gasteiger partial charge in [-0.2, -0.15) is 0 Å². The maximum Gasteiger partial charge on any atom is 0.271 e. The first-order valence-corrected chi connectivity index (χ1v) is 14.4. The second-order valence-electron chi connectivity index (χ2n) is 11.2. The molecule has 3 aliphatic rings. The molecule has 3 heterocycles. The number of likely N-dealkylation sites (tertiary alicyclic amines) is 1. The minimum atomic E-state index is -0.634. The molecule has 0 unspecified atom stereocenters. The van der Waals surface area contributed by atoms with Crippen molar-refractivity contribution in [3.05, 3.63) is 54.4 Å². The Balaban J connectivity index is 1.27. The van der Waals surface area contributed by atoms with E-state index in [-0.39, 0.29) is 23.7 Å². The summed E-state index contributed by atoms with van der Waals surface area (Å²) in [6.07, 6.45) is 12.6. The number of primary amides is 1. The van der Waals surface area contributed by atoms with Crippen LogP contribution in [0.25, 0.3) is 0 Å². The highest BCUT2D eigenvalue weighted by molar-refractivity contribution is 5.96. The summed E-state index contributed by atoms with van der Waals surface area (Å²) in [7, 11) is 0. The minimum absolute atomic E-state index is 0.00333. The maximum atomic E-state index is 12.2. The van der Waals surface area contributed by atoms with E-state index in [9.17, 15) is 9.59 Å². The van der Waals surface area contributed by atoms with E-state index in [4.69, 9.17) is 10.7 Å². The van der Waals surface area contributed by atoms with Gasteiger partial charge in [0.25, 0.3) is 5.91 Å². The lowest BCUT2D eigenvalue weighted by atomic mass is 9.88. The van der Waals surface area contributed by atoms with E-state index >= 15 is 0 Å². The van der Waals surface area contributed by atoms with Crippen molar-refractivity contribution in [1.29, 1.82) is 0 Å². The van der Waals surface area contributed by atoms with Gasteiger partial charge >= 0.3 is 0 Å². The van der Waals surface area contributed by atoms with E-state index in [1.54, 1.807) is 6.20 Å². The first-order chi connectivity index (χ1) is 18.9. The molecule has 208 valence electrons. The summed E-state index contributed by atoms with van der Waals surface area (Å²) >= 11 is 0. The van der Waals surface area contributed by atoms with E-state index in [2.05, 4.69) is 51.1 Å². The number of benzene rings is 1. The van der Waals surface area contributed by atoms with Crippen LogP contribution < -0.4 is 21.3 Å². The minimum Gasteiger partial charge on any atom is -0.364 e. The number of carbonyl (C=O) groups is 2. The summed E-state index contributed by atoms with van der Waals surface area (Å²) in [6.45, 7) is 8.76. The van der Waals surface area contributed by atoms with Crippen molar-refractivity contribution < 1.29 is 9.59 Å². The summed E-state index contributed by atoms with van der Waals surface area (Å²) in [5.41, 5.74) is 7.93. The first kappa shape index (κ1) is 27.1. The molecule has 1 aliphatic carbocycles. The molecule has 39 heavy (non-hydrogen) atoms. The predicted molar refractivity (Wildman–Crippen MR) is 154 cm³/mol. The second-order valence-corrected chi connectivity index (χ2v) is 11.2. The fraction of sp³-hybridized carbons (Fsp3) is 0.533. The fourth-order valence-electron chi connectivity index (χ4n) is 6.53. The number of piperidine rings is 2. The molecule has 0 bridgehead atoms. The van der Waals surface area contributed by atoms with Gasteiger partial charge in [-0.15, -0.1) is 0 Å². The Labute approximate surface area is 231 Å². The third-order valence-corrected chi connectivity index (χ3v) is 8.80. The van der Waals surface area contributed by atoms with Crippen molar-refractivity contribution in [1.82, 2.24) is 20.2 Å². The molecular weight excluding hydrogens is 490 g/mol. The molecule has 0 spiro atoms. The molecule has 5 rings (SSSR count). The number of hydrogen-bond donors (Lipinski definition) is 3. The highest BCUT2D eigenvalue weighted by Gasteiger charge is 2.31. The number of nitrogens with two attached hydrogens (primary N) is 1. The molecule has 1 aromatic heterocycles. The SMILES string of the molecule is C=CC(=O)N[C@@H]1CCCN(c2cnc(C(N)=O)c(Nc3ccc(C4CCN(C5CCCC5)CC4)cc3)n2)[C@@H]1C. The van der Waals surface area contributed by atoms with Crippen molar-refractivity contribution in [3.8, 4) is 0 Å². The number of amides is 2. The van der Waals surface area contributed by atoms with E-state index in [1.807, 2.05) is 12.1 Å². The first-order valence-electron chi connectivity index (χ1n) is 14.4. The van der Waals surface area contributed by atoms with Crippen molar-refractivity contribution in [3.63, 3.8) is 0 Å². The van der Waals surface area contributed by atoms with Gasteiger partial charge in [0, 0.05) is 30.4 Å². The Hall–Kier alpha value is -3.46. The van der Waals surface area contributed by atoms with Gasteiger partial charge < -0.3 is 26.2 Å². The predicted octanol–water partition coefficient (Wildman–Crippen LogP) is 4.10. The Bertz CT molecular complexity index is 1170. The Kier molecular flexibility index (Phi) is 8.45. The Morgan fingerprint density at radius 2 is 1.74 bits per heavy atom. The lowest BCUT2D eigenvalue weighted by Crippen LogP contribution is -2.54. The summed E-state index contributed by atoms with van der Waals surface area (Å²) in [4.78, 5) is 38.0. The van der Waals surface area contributed by atoms with Gasteiger partial charge in [0.2, 0.25) is 5.91 Å². The average Bonchev–Trinajstić information content (AvgIpc) is 3.50. The number of aromatic nitrogens is 2. The number of nitrogens with zero attached hydrogens (tertiary/aromatic N) is 4. The molecule has 2 saturated heterocycles. The molecule has 2 amide bonds. The van der Waals surface area contributed by atoms with Gasteiger partial charge in [-0.25, -0.2) is 9.97 Å². The largest absolute Gasteiger partial charge is 0.364 e. The molecule has 1 saturated carbocycles. The zero-order valence-electron chi connectivity index (χ0n) is 22.9. The third kappa shape index (κ3) is 6.24. The van der Waals surface area contributed by atoms with Crippen molar-refractivity contribution >= 4 is 29.1 Å². The molecule has 1 aromatic carbocycles. The van der Waals surface area contributed by atoms with Crippen molar-refractivity contribution in [2.75, 3.05) is 29.9 Å². The summed E-state index contributed by atoms with van der Waals surface area (Å²) in [5, 5.41) is 6.29. The normalized spacial score (nSPS) is 22.9. The van der Waals surface area contributed by atoms with Gasteiger partial charge in [-0.1, -0.05) is 31.6 Å². The van der Waals surface area contributed by atoms with Crippen molar-refractivity contribution in [2.24, 2.45) is 5.73 Å². The van der Waals surface area contributed by atoms with E-state index < -0.39 is 5.91 Å². The van der Waals surface area contributed by atoms with Crippen LogP contribution in [0.15, 0.2) is 43.1 Å². The second kappa shape index (κ2) is 12.2. The highest BCUT2D eigenvalue weighted by Crippen LogP contribution is 2.33. The van der Waals surface area contributed by atoms with Gasteiger partial charge in [0.05, 0.1) is 6.20 Å². The molecule has 2 aliphatic heterocycles. The Morgan fingerprint density at radius 3 is 2.41 bits per heavy atom. The molecule has 4 N–H and O–H groups in total. The lowest BCUT2D eigenvalue weighted by Gasteiger charge is -2.40. The molecular formula is C30H41N7O2. The van der Waals surface area contributed by atoms with Gasteiger partial charge in [0.15, 0.2) is 11.5 Å². The van der Waals surface area contributed by atoms with Crippen LogP contribution in [0.1, 0.15) is 80.3 Å². The van der Waals surface area contributed by atoms with Crippen LogP contribution in [0, 0.1) is 0 Å². The summed E-state index contributed by atoms with van der Waals surface area (Å²) in [5.74, 6) is 0.732. The molecule has 9 nitrogen and oxygen atoms in total. The number of rotatable bonds is 8. The monoisotopic (exact) mass is 531 g/mol. The third-order valence-electron chi connectivity index (χ3n) is 8.80. The quantitative estimate of drug-likeness (QED) is 0.439. The highest BCUT2D eigenvalue weighted by atomic mass is 16.2. The molecule has 0 radical (unpaired) electrons. The fourth-order valence-corrected chi connectivity index (χ4v) is 6.53. The van der Waals surface area contributed by atoms with Gasteiger partial charge in [-0.05, 0) is 88.2 Å². The number of carbonyl (C=O) groups excluding carboxylic acids is 2. The smallest absolute Gasteiger partial charge is 0.271 e. The number of anilines is 3. The van der Waals surface area contributed by atoms with Crippen LogP contribution in [0.4, 0.5) is 17.3 Å². The zero-order valence-corrected chi connectivity index (χ0v) is 22.9. The topological polar surface area (TPSA) is 116 Å². The van der Waals surface area contributed by atoms with Crippen LogP contribution in [0.3, 0.4) is 0 Å². The van der Waals surface area contributed by atoms with Crippen LogP contribution >= 0.6 is 0 Å². The van der Waals surface area contributed by atoms with Gasteiger partial charge in [-0.3, -0.25) is 9.59 Å². The molecule has 3 fully saturated rings. The van der Waals surface area contributed by atoms with Crippen molar-refractivity contribution in [2.45, 2.75) is 82.3 Å². The zero-order chi connectivity index (χ0) is 27.4. The molecule has 2 aromatic rings. The van der Waals surface area contributed by atoms with Crippen LogP contribution in [0.5, 0.6) is 0 Å². The van der Waals surface area contributed by atoms with E-state index in [0.717, 1.165) is 31.1 Å². The molecule has 2 atom stereocenters. The number of nitrogens with one attached hydrogen (secondary N) is 2. The van der Waals surface area contributed by atoms with Crippen LogP contribution in [-0.4, -0.2) is 64.4 Å². The standard InChI is InChI=1S/C30H41N7O2/c1-3-27(38)34-25-9-6-16-37(20(25)2)26-19-32-28(29(31)39)30(35-26)33-23-12-10-21(11-13-23)22-14-17-36(18-15-22)24-7-4-5-8-24/h3,10-13,19-20,22,24-25H,1,4-9,14-18H2,2H3,(H2,31,39)(H,33,35)(H,34,38)/t20-,25-/m1/s1. The maximum absolute atomic E-state index is 12.2.